The molecule has 2 atom stereocenters. The lowest BCUT2D eigenvalue weighted by Gasteiger charge is -2.19. The minimum Gasteiger partial charge on any atom is -0.330 e. The zero-order chi connectivity index (χ0) is 13.2. The number of rotatable bonds is 4. The van der Waals surface area contributed by atoms with Crippen LogP contribution in [-0.4, -0.2) is 16.1 Å². The molecule has 2 unspecified atom stereocenters. The topological polar surface area (TPSA) is 43.8 Å². The molecule has 3 heteroatoms. The maximum absolute atomic E-state index is 5.94. The summed E-state index contributed by atoms with van der Waals surface area (Å²) in [4.78, 5) is 4.92. The van der Waals surface area contributed by atoms with Crippen LogP contribution in [0.25, 0.3) is 11.0 Å². The van der Waals surface area contributed by atoms with Crippen molar-refractivity contribution in [3.05, 3.63) is 30.1 Å². The zero-order valence-corrected chi connectivity index (χ0v) is 11.7. The molecule has 0 amide bonds. The molecule has 0 saturated heterocycles. The van der Waals surface area contributed by atoms with Crippen molar-refractivity contribution in [3.8, 4) is 0 Å². The van der Waals surface area contributed by atoms with Gasteiger partial charge in [0.2, 0.25) is 0 Å². The third-order valence-electron chi connectivity index (χ3n) is 4.42. The molecule has 3 rings (SSSR count). The molecule has 19 heavy (non-hydrogen) atoms. The predicted octanol–water partition coefficient (Wildman–Crippen LogP) is 3.29. The van der Waals surface area contributed by atoms with Crippen molar-refractivity contribution in [3.63, 3.8) is 0 Å². The Morgan fingerprint density at radius 3 is 2.95 bits per heavy atom. The van der Waals surface area contributed by atoms with Gasteiger partial charge in [0.25, 0.3) is 0 Å². The predicted molar refractivity (Wildman–Crippen MR) is 79.2 cm³/mol. The van der Waals surface area contributed by atoms with Crippen LogP contribution in [0.15, 0.2) is 24.3 Å². The number of nitrogens with zero attached hydrogens (tertiary/aromatic N) is 2. The van der Waals surface area contributed by atoms with Crippen LogP contribution < -0.4 is 5.73 Å². The van der Waals surface area contributed by atoms with E-state index >= 15 is 0 Å². The van der Waals surface area contributed by atoms with Gasteiger partial charge in [-0.1, -0.05) is 25.5 Å². The average molecular weight is 257 g/mol. The fourth-order valence-corrected chi connectivity index (χ4v) is 3.49. The van der Waals surface area contributed by atoms with E-state index in [1.165, 1.54) is 30.6 Å². The Hall–Kier alpha value is -1.35. The van der Waals surface area contributed by atoms with Gasteiger partial charge in [0, 0.05) is 12.5 Å². The summed E-state index contributed by atoms with van der Waals surface area (Å²) in [6, 6.07) is 8.49. The fraction of sp³-hybridized carbons (Fsp3) is 0.562. The number of para-hydroxylation sites is 2. The van der Waals surface area contributed by atoms with E-state index in [4.69, 9.17) is 10.7 Å². The van der Waals surface area contributed by atoms with Crippen LogP contribution >= 0.6 is 0 Å². The van der Waals surface area contributed by atoms with Crippen molar-refractivity contribution < 1.29 is 0 Å². The van der Waals surface area contributed by atoms with Crippen LogP contribution in [-0.2, 0) is 6.54 Å². The van der Waals surface area contributed by atoms with E-state index in [9.17, 15) is 0 Å². The second-order valence-corrected chi connectivity index (χ2v) is 5.64. The van der Waals surface area contributed by atoms with Gasteiger partial charge < -0.3 is 10.3 Å². The summed E-state index contributed by atoms with van der Waals surface area (Å²) in [7, 11) is 0. The van der Waals surface area contributed by atoms with Gasteiger partial charge >= 0.3 is 0 Å². The summed E-state index contributed by atoms with van der Waals surface area (Å²) < 4.78 is 2.42. The van der Waals surface area contributed by atoms with Crippen molar-refractivity contribution in [2.24, 2.45) is 11.7 Å². The molecule has 3 nitrogen and oxygen atoms in total. The maximum atomic E-state index is 5.94. The van der Waals surface area contributed by atoms with E-state index in [-0.39, 0.29) is 0 Å². The fourth-order valence-electron chi connectivity index (χ4n) is 3.49. The molecule has 0 bridgehead atoms. The quantitative estimate of drug-likeness (QED) is 0.913. The highest BCUT2D eigenvalue weighted by Gasteiger charge is 2.31. The summed E-state index contributed by atoms with van der Waals surface area (Å²) in [5, 5.41) is 0. The van der Waals surface area contributed by atoms with Gasteiger partial charge in [0.15, 0.2) is 0 Å². The largest absolute Gasteiger partial charge is 0.330 e. The normalized spacial score (nSPS) is 23.3. The molecular weight excluding hydrogens is 234 g/mol. The van der Waals surface area contributed by atoms with E-state index < -0.39 is 0 Å². The lowest BCUT2D eigenvalue weighted by molar-refractivity contribution is 0.459. The summed E-state index contributed by atoms with van der Waals surface area (Å²) in [5.41, 5.74) is 8.36. The highest BCUT2D eigenvalue weighted by atomic mass is 15.1. The highest BCUT2D eigenvalue weighted by molar-refractivity contribution is 5.76. The molecule has 1 fully saturated rings. The summed E-state index contributed by atoms with van der Waals surface area (Å²) in [6.07, 6.45) is 4.95. The number of benzene rings is 1. The van der Waals surface area contributed by atoms with E-state index in [1.54, 1.807) is 0 Å². The number of imidazole rings is 1. The SMILES string of the molecule is CCCn1c(C2CCCC2CN)nc2ccccc21. The van der Waals surface area contributed by atoms with Crippen molar-refractivity contribution in [1.29, 1.82) is 0 Å². The van der Waals surface area contributed by atoms with E-state index in [0.717, 1.165) is 25.0 Å². The maximum Gasteiger partial charge on any atom is 0.113 e. The van der Waals surface area contributed by atoms with Crippen LogP contribution in [0.4, 0.5) is 0 Å². The molecule has 1 aromatic heterocycles. The Kier molecular flexibility index (Phi) is 3.56. The first kappa shape index (κ1) is 12.7. The summed E-state index contributed by atoms with van der Waals surface area (Å²) >= 11 is 0. The second-order valence-electron chi connectivity index (χ2n) is 5.64. The first-order valence-corrected chi connectivity index (χ1v) is 7.50. The lowest BCUT2D eigenvalue weighted by Crippen LogP contribution is -2.20. The first-order chi connectivity index (χ1) is 9.35. The van der Waals surface area contributed by atoms with E-state index in [2.05, 4.69) is 35.8 Å². The molecular formula is C16H23N3. The smallest absolute Gasteiger partial charge is 0.113 e. The van der Waals surface area contributed by atoms with Crippen LogP contribution in [0.3, 0.4) is 0 Å². The van der Waals surface area contributed by atoms with Gasteiger partial charge in [-0.3, -0.25) is 0 Å². The van der Waals surface area contributed by atoms with Crippen LogP contribution in [0.1, 0.15) is 44.3 Å². The minimum atomic E-state index is 0.559. The van der Waals surface area contributed by atoms with Crippen LogP contribution in [0, 0.1) is 5.92 Å². The van der Waals surface area contributed by atoms with Crippen LogP contribution in [0.5, 0.6) is 0 Å². The number of hydrogen-bond acceptors (Lipinski definition) is 2. The molecule has 2 aromatic rings. The number of nitrogens with two attached hydrogens (primary N) is 1. The second kappa shape index (κ2) is 5.33. The average Bonchev–Trinajstić information content (AvgIpc) is 3.03. The Morgan fingerprint density at radius 2 is 2.16 bits per heavy atom. The van der Waals surface area contributed by atoms with Gasteiger partial charge in [-0.25, -0.2) is 4.98 Å². The van der Waals surface area contributed by atoms with Crippen molar-refractivity contribution in [1.82, 2.24) is 9.55 Å². The van der Waals surface area contributed by atoms with Gasteiger partial charge in [-0.2, -0.15) is 0 Å². The summed E-state index contributed by atoms with van der Waals surface area (Å²) in [6.45, 7) is 4.08. The molecule has 2 N–H and O–H groups in total. The number of hydrogen-bond donors (Lipinski definition) is 1. The third-order valence-corrected chi connectivity index (χ3v) is 4.42. The summed E-state index contributed by atoms with van der Waals surface area (Å²) in [5.74, 6) is 2.45. The van der Waals surface area contributed by atoms with Gasteiger partial charge in [0.05, 0.1) is 11.0 Å². The molecule has 1 aromatic carbocycles. The number of aryl methyl sites for hydroxylation is 1. The Bertz CT molecular complexity index is 558. The van der Waals surface area contributed by atoms with E-state index in [1.807, 2.05) is 0 Å². The van der Waals surface area contributed by atoms with Gasteiger partial charge in [-0.15, -0.1) is 0 Å². The first-order valence-electron chi connectivity index (χ1n) is 7.50. The number of fused-ring (bicyclic) bond motifs is 1. The Labute approximate surface area is 114 Å². The Morgan fingerprint density at radius 1 is 1.32 bits per heavy atom. The van der Waals surface area contributed by atoms with Gasteiger partial charge in [0.1, 0.15) is 5.82 Å². The lowest BCUT2D eigenvalue weighted by atomic mass is 9.95. The zero-order valence-electron chi connectivity index (χ0n) is 11.7. The molecule has 1 saturated carbocycles. The van der Waals surface area contributed by atoms with Gasteiger partial charge in [-0.05, 0) is 43.9 Å². The molecule has 0 aliphatic heterocycles. The molecule has 0 radical (unpaired) electrons. The Balaban J connectivity index is 2.08. The standard InChI is InChI=1S/C16H23N3/c1-2-10-19-15-9-4-3-8-14(15)18-16(19)13-7-5-6-12(13)11-17/h3-4,8-9,12-13H,2,5-7,10-11,17H2,1H3. The molecule has 102 valence electrons. The molecule has 1 aliphatic carbocycles. The molecule has 1 aliphatic rings. The number of aromatic nitrogens is 2. The van der Waals surface area contributed by atoms with Crippen molar-refractivity contribution in [2.75, 3.05) is 6.54 Å². The van der Waals surface area contributed by atoms with Crippen molar-refractivity contribution in [2.45, 2.75) is 45.1 Å². The third kappa shape index (κ3) is 2.16. The molecule has 0 spiro atoms. The molecule has 1 heterocycles. The minimum absolute atomic E-state index is 0.559. The van der Waals surface area contributed by atoms with Crippen LogP contribution in [0.2, 0.25) is 0 Å². The van der Waals surface area contributed by atoms with E-state index in [0.29, 0.717) is 11.8 Å². The van der Waals surface area contributed by atoms with Crippen molar-refractivity contribution >= 4 is 11.0 Å². The highest BCUT2D eigenvalue weighted by Crippen LogP contribution is 2.39. The monoisotopic (exact) mass is 257 g/mol.